The molecule has 1 aromatic rings. The first-order valence-corrected chi connectivity index (χ1v) is 7.13. The summed E-state index contributed by atoms with van der Waals surface area (Å²) in [4.78, 5) is 12.1. The van der Waals surface area contributed by atoms with Crippen molar-refractivity contribution in [1.82, 2.24) is 5.32 Å². The molecule has 1 aliphatic carbocycles. The molecule has 1 N–H and O–H groups in total. The van der Waals surface area contributed by atoms with Gasteiger partial charge in [0.1, 0.15) is 0 Å². The molecule has 1 saturated carbocycles. The van der Waals surface area contributed by atoms with Crippen LogP contribution in [0.1, 0.15) is 28.8 Å². The van der Waals surface area contributed by atoms with E-state index in [1.807, 2.05) is 25.1 Å². The van der Waals surface area contributed by atoms with Gasteiger partial charge >= 0.3 is 0 Å². The second-order valence-corrected chi connectivity index (χ2v) is 5.70. The van der Waals surface area contributed by atoms with Gasteiger partial charge in [0.25, 0.3) is 5.91 Å². The summed E-state index contributed by atoms with van der Waals surface area (Å²) in [6, 6.07) is 5.70. The molecular formula is C12H13Br2NO. The van der Waals surface area contributed by atoms with Crippen LogP contribution in [0.15, 0.2) is 22.7 Å². The van der Waals surface area contributed by atoms with E-state index in [9.17, 15) is 4.79 Å². The molecule has 2 nitrogen and oxygen atoms in total. The zero-order valence-electron chi connectivity index (χ0n) is 9.02. The lowest BCUT2D eigenvalue weighted by molar-refractivity contribution is 0.0936. The van der Waals surface area contributed by atoms with Crippen LogP contribution < -0.4 is 5.32 Å². The van der Waals surface area contributed by atoms with Crippen molar-refractivity contribution in [3.63, 3.8) is 0 Å². The molecule has 0 atom stereocenters. The number of benzene rings is 1. The van der Waals surface area contributed by atoms with Crippen molar-refractivity contribution in [2.75, 3.05) is 5.33 Å². The highest BCUT2D eigenvalue weighted by Crippen LogP contribution is 2.37. The topological polar surface area (TPSA) is 29.1 Å². The third-order valence-electron chi connectivity index (χ3n) is 3.00. The van der Waals surface area contributed by atoms with Crippen LogP contribution in [0.5, 0.6) is 0 Å². The molecule has 1 aromatic carbocycles. The van der Waals surface area contributed by atoms with Gasteiger partial charge in [0, 0.05) is 15.4 Å². The number of halogens is 2. The van der Waals surface area contributed by atoms with E-state index in [0.717, 1.165) is 33.8 Å². The Morgan fingerprint density at radius 1 is 1.50 bits per heavy atom. The molecule has 0 radical (unpaired) electrons. The number of rotatable bonds is 3. The van der Waals surface area contributed by atoms with Crippen molar-refractivity contribution in [3.8, 4) is 0 Å². The van der Waals surface area contributed by atoms with Crippen molar-refractivity contribution in [2.24, 2.45) is 0 Å². The fraction of sp³-hybridized carbons (Fsp3) is 0.417. The molecule has 1 aliphatic rings. The average molecular weight is 347 g/mol. The van der Waals surface area contributed by atoms with Crippen LogP contribution in [0, 0.1) is 6.92 Å². The predicted octanol–water partition coefficient (Wildman–Crippen LogP) is 3.41. The second kappa shape index (κ2) is 4.49. The summed E-state index contributed by atoms with van der Waals surface area (Å²) in [6.07, 6.45) is 2.13. The van der Waals surface area contributed by atoms with Gasteiger partial charge in [0.15, 0.2) is 0 Å². The number of amides is 1. The van der Waals surface area contributed by atoms with Crippen LogP contribution in [-0.4, -0.2) is 16.8 Å². The SMILES string of the molecule is Cc1c(Br)cccc1C(=O)NC1(CBr)CC1. The highest BCUT2D eigenvalue weighted by molar-refractivity contribution is 9.10. The van der Waals surface area contributed by atoms with Crippen LogP contribution in [0.3, 0.4) is 0 Å². The Balaban J connectivity index is 2.18. The summed E-state index contributed by atoms with van der Waals surface area (Å²) in [5.41, 5.74) is 1.75. The Hall–Kier alpha value is -0.350. The second-order valence-electron chi connectivity index (χ2n) is 4.28. The van der Waals surface area contributed by atoms with E-state index in [2.05, 4.69) is 37.2 Å². The van der Waals surface area contributed by atoms with Gasteiger partial charge in [-0.3, -0.25) is 4.79 Å². The van der Waals surface area contributed by atoms with Gasteiger partial charge in [-0.1, -0.05) is 37.9 Å². The number of hydrogen-bond donors (Lipinski definition) is 1. The number of nitrogens with one attached hydrogen (secondary N) is 1. The summed E-state index contributed by atoms with van der Waals surface area (Å²) in [5, 5.41) is 3.93. The van der Waals surface area contributed by atoms with Crippen molar-refractivity contribution < 1.29 is 4.79 Å². The molecule has 0 saturated heterocycles. The van der Waals surface area contributed by atoms with Gasteiger partial charge in [-0.15, -0.1) is 0 Å². The van der Waals surface area contributed by atoms with E-state index in [0.29, 0.717) is 0 Å². The Kier molecular flexibility index (Phi) is 3.40. The number of hydrogen-bond acceptors (Lipinski definition) is 1. The van der Waals surface area contributed by atoms with Crippen molar-refractivity contribution in [1.29, 1.82) is 0 Å². The van der Waals surface area contributed by atoms with Crippen LogP contribution in [0.2, 0.25) is 0 Å². The third kappa shape index (κ3) is 2.33. The molecule has 16 heavy (non-hydrogen) atoms. The summed E-state index contributed by atoms with van der Waals surface area (Å²) in [5.74, 6) is 0.0238. The largest absolute Gasteiger partial charge is 0.346 e. The molecular weight excluding hydrogens is 334 g/mol. The van der Waals surface area contributed by atoms with E-state index in [1.165, 1.54) is 0 Å². The van der Waals surface area contributed by atoms with E-state index in [-0.39, 0.29) is 11.4 Å². The lowest BCUT2D eigenvalue weighted by atomic mass is 10.1. The quantitative estimate of drug-likeness (QED) is 0.835. The zero-order valence-corrected chi connectivity index (χ0v) is 12.2. The fourth-order valence-electron chi connectivity index (χ4n) is 1.60. The van der Waals surface area contributed by atoms with Gasteiger partial charge < -0.3 is 5.32 Å². The summed E-state index contributed by atoms with van der Waals surface area (Å²) in [7, 11) is 0. The minimum atomic E-state index is 0.00579. The smallest absolute Gasteiger partial charge is 0.252 e. The molecule has 0 heterocycles. The van der Waals surface area contributed by atoms with Gasteiger partial charge in [-0.25, -0.2) is 0 Å². The van der Waals surface area contributed by atoms with Crippen LogP contribution in [0.25, 0.3) is 0 Å². The first-order chi connectivity index (χ1) is 7.58. The molecule has 86 valence electrons. The van der Waals surface area contributed by atoms with Crippen LogP contribution >= 0.6 is 31.9 Å². The minimum absolute atomic E-state index is 0.00579. The number of carbonyl (C=O) groups excluding carboxylic acids is 1. The predicted molar refractivity (Wildman–Crippen MR) is 72.1 cm³/mol. The maximum atomic E-state index is 12.1. The summed E-state index contributed by atoms with van der Waals surface area (Å²) >= 11 is 6.88. The third-order valence-corrected chi connectivity index (χ3v) is 4.93. The van der Waals surface area contributed by atoms with Gasteiger partial charge in [0.05, 0.1) is 5.54 Å². The Morgan fingerprint density at radius 3 is 2.75 bits per heavy atom. The van der Waals surface area contributed by atoms with Crippen molar-refractivity contribution in [3.05, 3.63) is 33.8 Å². The van der Waals surface area contributed by atoms with Crippen LogP contribution in [-0.2, 0) is 0 Å². The Labute approximate surface area is 112 Å². The first-order valence-electron chi connectivity index (χ1n) is 5.22. The van der Waals surface area contributed by atoms with Crippen molar-refractivity contribution >= 4 is 37.8 Å². The van der Waals surface area contributed by atoms with Gasteiger partial charge in [-0.2, -0.15) is 0 Å². The summed E-state index contributed by atoms with van der Waals surface area (Å²) in [6.45, 7) is 1.95. The lowest BCUT2D eigenvalue weighted by Crippen LogP contribution is -2.38. The monoisotopic (exact) mass is 345 g/mol. The molecule has 0 spiro atoms. The Morgan fingerprint density at radius 2 is 2.19 bits per heavy atom. The summed E-state index contributed by atoms with van der Waals surface area (Å²) < 4.78 is 0.976. The maximum absolute atomic E-state index is 12.1. The number of alkyl halides is 1. The highest BCUT2D eigenvalue weighted by atomic mass is 79.9. The lowest BCUT2D eigenvalue weighted by Gasteiger charge is -2.15. The van der Waals surface area contributed by atoms with Crippen molar-refractivity contribution in [2.45, 2.75) is 25.3 Å². The molecule has 0 aliphatic heterocycles. The van der Waals surface area contributed by atoms with Gasteiger partial charge in [-0.05, 0) is 37.5 Å². The molecule has 2 rings (SSSR count). The fourth-order valence-corrected chi connectivity index (χ4v) is 2.67. The standard InChI is InChI=1S/C12H13Br2NO/c1-8-9(3-2-4-10(8)14)11(16)15-12(7-13)5-6-12/h2-4H,5-7H2,1H3,(H,15,16). The average Bonchev–Trinajstić information content (AvgIpc) is 3.02. The van der Waals surface area contributed by atoms with Crippen LogP contribution in [0.4, 0.5) is 0 Å². The molecule has 0 aromatic heterocycles. The van der Waals surface area contributed by atoms with E-state index >= 15 is 0 Å². The van der Waals surface area contributed by atoms with E-state index < -0.39 is 0 Å². The zero-order chi connectivity index (χ0) is 11.8. The molecule has 0 unspecified atom stereocenters. The maximum Gasteiger partial charge on any atom is 0.252 e. The molecule has 1 fully saturated rings. The van der Waals surface area contributed by atoms with E-state index in [1.54, 1.807) is 0 Å². The first kappa shape index (κ1) is 12.1. The Bertz CT molecular complexity index is 427. The molecule has 4 heteroatoms. The number of carbonyl (C=O) groups is 1. The van der Waals surface area contributed by atoms with Gasteiger partial charge in [0.2, 0.25) is 0 Å². The minimum Gasteiger partial charge on any atom is -0.346 e. The molecule has 0 bridgehead atoms. The highest BCUT2D eigenvalue weighted by Gasteiger charge is 2.43. The normalized spacial score (nSPS) is 16.9. The van der Waals surface area contributed by atoms with E-state index in [4.69, 9.17) is 0 Å². The molecule has 1 amide bonds.